The van der Waals surface area contributed by atoms with Gasteiger partial charge in [-0.1, -0.05) is 0 Å². The second-order valence-corrected chi connectivity index (χ2v) is 6.85. The highest BCUT2D eigenvalue weighted by atomic mass is 127. The van der Waals surface area contributed by atoms with Crippen molar-refractivity contribution in [3.05, 3.63) is 0 Å². The number of aliphatic imine (C=N–C) groups is 1. The van der Waals surface area contributed by atoms with Crippen molar-refractivity contribution in [2.45, 2.75) is 32.3 Å². The number of ether oxygens (including phenoxy) is 2. The summed E-state index contributed by atoms with van der Waals surface area (Å²) in [5.74, 6) is 1.80. The molecule has 3 fully saturated rings. The predicted molar refractivity (Wildman–Crippen MR) is 107 cm³/mol. The van der Waals surface area contributed by atoms with Crippen LogP contribution >= 0.6 is 24.0 Å². The molecule has 0 radical (unpaired) electrons. The maximum atomic E-state index is 5.69. The summed E-state index contributed by atoms with van der Waals surface area (Å²) in [7, 11) is 0. The van der Waals surface area contributed by atoms with Gasteiger partial charge < -0.3 is 19.7 Å². The van der Waals surface area contributed by atoms with Gasteiger partial charge in [0.05, 0.1) is 19.3 Å². The fourth-order valence-electron chi connectivity index (χ4n) is 3.64. The minimum absolute atomic E-state index is 0. The predicted octanol–water partition coefficient (Wildman–Crippen LogP) is 1.40. The highest BCUT2D eigenvalue weighted by Gasteiger charge is 2.24. The number of hydrogen-bond acceptors (Lipinski definition) is 4. The summed E-state index contributed by atoms with van der Waals surface area (Å²) in [6.45, 7) is 12.2. The van der Waals surface area contributed by atoms with Crippen LogP contribution in [0.5, 0.6) is 0 Å². The van der Waals surface area contributed by atoms with Crippen molar-refractivity contribution >= 4 is 29.9 Å². The lowest BCUT2D eigenvalue weighted by atomic mass is 10.1. The number of halogens is 1. The van der Waals surface area contributed by atoms with Gasteiger partial charge in [-0.2, -0.15) is 0 Å². The molecule has 6 nitrogen and oxygen atoms in total. The van der Waals surface area contributed by atoms with E-state index in [-0.39, 0.29) is 24.0 Å². The number of hydrogen-bond donors (Lipinski definition) is 1. The average Bonchev–Trinajstić information content (AvgIpc) is 3.26. The van der Waals surface area contributed by atoms with Crippen LogP contribution in [0.2, 0.25) is 0 Å². The highest BCUT2D eigenvalue weighted by molar-refractivity contribution is 14.0. The number of nitrogens with one attached hydrogen (secondary N) is 1. The third-order valence-corrected chi connectivity index (χ3v) is 5.02. The van der Waals surface area contributed by atoms with E-state index in [2.05, 4.69) is 22.0 Å². The van der Waals surface area contributed by atoms with Gasteiger partial charge in [0.2, 0.25) is 0 Å². The molecule has 24 heavy (non-hydrogen) atoms. The molecule has 0 aromatic rings. The van der Waals surface area contributed by atoms with E-state index in [0.717, 1.165) is 77.4 Å². The molecule has 2 atom stereocenters. The van der Waals surface area contributed by atoms with E-state index in [9.17, 15) is 0 Å². The molecule has 0 aromatic carbocycles. The van der Waals surface area contributed by atoms with E-state index < -0.39 is 0 Å². The molecule has 3 heterocycles. The molecule has 0 aliphatic carbocycles. The van der Waals surface area contributed by atoms with Gasteiger partial charge >= 0.3 is 0 Å². The standard InChI is InChI=1S/C17H32N4O2.HI/c1-2-18-17(19-12-16-4-3-10-23-16)21-8-6-20(7-9-21)13-15-5-11-22-14-15;/h15-16H,2-14H2,1H3,(H,18,19);1H. The fraction of sp³-hybridized carbons (Fsp3) is 0.941. The maximum absolute atomic E-state index is 5.69. The van der Waals surface area contributed by atoms with Crippen molar-refractivity contribution in [1.82, 2.24) is 15.1 Å². The Labute approximate surface area is 163 Å². The van der Waals surface area contributed by atoms with Gasteiger partial charge in [0.25, 0.3) is 0 Å². The topological polar surface area (TPSA) is 49.3 Å². The molecule has 140 valence electrons. The molecule has 3 saturated heterocycles. The maximum Gasteiger partial charge on any atom is 0.194 e. The SMILES string of the molecule is CCNC(=NCC1CCCO1)N1CCN(CC2CCOC2)CC1.I. The van der Waals surface area contributed by atoms with E-state index in [4.69, 9.17) is 14.5 Å². The Kier molecular flexibility index (Phi) is 9.07. The smallest absolute Gasteiger partial charge is 0.194 e. The molecule has 0 bridgehead atoms. The summed E-state index contributed by atoms with van der Waals surface area (Å²) >= 11 is 0. The zero-order chi connectivity index (χ0) is 15.9. The number of guanidine groups is 1. The molecule has 2 unspecified atom stereocenters. The number of rotatable bonds is 5. The summed E-state index contributed by atoms with van der Waals surface area (Å²) in [5, 5.41) is 3.45. The number of piperazine rings is 1. The van der Waals surface area contributed by atoms with Gasteiger partial charge in [-0.05, 0) is 32.1 Å². The zero-order valence-electron chi connectivity index (χ0n) is 14.9. The van der Waals surface area contributed by atoms with E-state index in [0.29, 0.717) is 6.10 Å². The first-order chi connectivity index (χ1) is 11.3. The van der Waals surface area contributed by atoms with E-state index in [1.54, 1.807) is 0 Å². The van der Waals surface area contributed by atoms with Crippen LogP contribution in [0, 0.1) is 5.92 Å². The quantitative estimate of drug-likeness (QED) is 0.389. The summed E-state index contributed by atoms with van der Waals surface area (Å²) in [4.78, 5) is 9.80. The minimum atomic E-state index is 0. The van der Waals surface area contributed by atoms with Crippen LogP contribution in [-0.4, -0.2) is 87.5 Å². The summed E-state index contributed by atoms with van der Waals surface area (Å²) in [6.07, 6.45) is 3.89. The monoisotopic (exact) mass is 452 g/mol. The van der Waals surface area contributed by atoms with Crippen molar-refractivity contribution in [3.8, 4) is 0 Å². The zero-order valence-corrected chi connectivity index (χ0v) is 17.2. The van der Waals surface area contributed by atoms with Crippen LogP contribution in [0.4, 0.5) is 0 Å². The van der Waals surface area contributed by atoms with Crippen molar-refractivity contribution in [2.24, 2.45) is 10.9 Å². The molecule has 1 N–H and O–H groups in total. The Morgan fingerprint density at radius 2 is 2.00 bits per heavy atom. The van der Waals surface area contributed by atoms with E-state index >= 15 is 0 Å². The molecular weight excluding hydrogens is 419 g/mol. The van der Waals surface area contributed by atoms with Gasteiger partial charge in [0.15, 0.2) is 5.96 Å². The third kappa shape index (κ3) is 6.00. The van der Waals surface area contributed by atoms with Crippen LogP contribution < -0.4 is 5.32 Å². The molecular formula is C17H33IN4O2. The lowest BCUT2D eigenvalue weighted by molar-refractivity contribution is 0.116. The second kappa shape index (κ2) is 10.8. The van der Waals surface area contributed by atoms with Crippen molar-refractivity contribution in [2.75, 3.05) is 65.6 Å². The highest BCUT2D eigenvalue weighted by Crippen LogP contribution is 2.15. The second-order valence-electron chi connectivity index (χ2n) is 6.85. The Hall–Kier alpha value is -0.120. The van der Waals surface area contributed by atoms with Gasteiger partial charge in [-0.3, -0.25) is 9.89 Å². The van der Waals surface area contributed by atoms with Crippen LogP contribution in [0.3, 0.4) is 0 Å². The Bertz CT molecular complexity index is 377. The lowest BCUT2D eigenvalue weighted by Gasteiger charge is -2.37. The normalized spacial score (nSPS) is 28.9. The molecule has 0 saturated carbocycles. The molecule has 0 amide bonds. The van der Waals surface area contributed by atoms with Crippen LogP contribution in [-0.2, 0) is 9.47 Å². The molecule has 3 rings (SSSR count). The molecule has 7 heteroatoms. The molecule has 3 aliphatic rings. The van der Waals surface area contributed by atoms with Crippen LogP contribution in [0.1, 0.15) is 26.2 Å². The molecule has 3 aliphatic heterocycles. The number of nitrogens with zero attached hydrogens (tertiary/aromatic N) is 3. The van der Waals surface area contributed by atoms with Crippen molar-refractivity contribution in [3.63, 3.8) is 0 Å². The van der Waals surface area contributed by atoms with Gasteiger partial charge in [0, 0.05) is 52.5 Å². The van der Waals surface area contributed by atoms with Crippen molar-refractivity contribution < 1.29 is 9.47 Å². The Balaban J connectivity index is 0.00000208. The first-order valence-corrected chi connectivity index (χ1v) is 9.30. The first kappa shape index (κ1) is 20.2. The third-order valence-electron chi connectivity index (χ3n) is 5.02. The molecule has 0 spiro atoms. The fourth-order valence-corrected chi connectivity index (χ4v) is 3.64. The lowest BCUT2D eigenvalue weighted by Crippen LogP contribution is -2.53. The van der Waals surface area contributed by atoms with Crippen LogP contribution in [0.15, 0.2) is 4.99 Å². The van der Waals surface area contributed by atoms with Crippen molar-refractivity contribution in [1.29, 1.82) is 0 Å². The van der Waals surface area contributed by atoms with Crippen LogP contribution in [0.25, 0.3) is 0 Å². The minimum Gasteiger partial charge on any atom is -0.381 e. The van der Waals surface area contributed by atoms with Gasteiger partial charge in [-0.15, -0.1) is 24.0 Å². The van der Waals surface area contributed by atoms with E-state index in [1.807, 2.05) is 0 Å². The molecule has 0 aromatic heterocycles. The van der Waals surface area contributed by atoms with Gasteiger partial charge in [-0.25, -0.2) is 0 Å². The summed E-state index contributed by atoms with van der Waals surface area (Å²) in [5.41, 5.74) is 0. The summed E-state index contributed by atoms with van der Waals surface area (Å²) < 4.78 is 11.2. The first-order valence-electron chi connectivity index (χ1n) is 9.30. The largest absolute Gasteiger partial charge is 0.381 e. The summed E-state index contributed by atoms with van der Waals surface area (Å²) in [6, 6.07) is 0. The average molecular weight is 452 g/mol. The van der Waals surface area contributed by atoms with E-state index in [1.165, 1.54) is 19.4 Å². The Morgan fingerprint density at radius 1 is 1.17 bits per heavy atom. The Morgan fingerprint density at radius 3 is 2.62 bits per heavy atom. The van der Waals surface area contributed by atoms with Gasteiger partial charge in [0.1, 0.15) is 0 Å².